The van der Waals surface area contributed by atoms with Gasteiger partial charge in [0.15, 0.2) is 0 Å². The molecule has 1 atom stereocenters. The SMILES string of the molecule is Cc1nc2ncnn2c(C)c1CCC(=O)N1CCCNC(=O)CCC(c2ccccc2)CCNC(=O)C1. The van der Waals surface area contributed by atoms with Crippen molar-refractivity contribution in [3.63, 3.8) is 0 Å². The zero-order valence-electron chi connectivity index (χ0n) is 21.6. The van der Waals surface area contributed by atoms with E-state index in [4.69, 9.17) is 0 Å². The maximum atomic E-state index is 13.2. The molecule has 196 valence electrons. The molecule has 1 aliphatic heterocycles. The third-order valence-electron chi connectivity index (χ3n) is 7.00. The van der Waals surface area contributed by atoms with Crippen LogP contribution in [0.3, 0.4) is 0 Å². The average molecular weight is 506 g/mol. The molecule has 4 rings (SSSR count). The zero-order valence-corrected chi connectivity index (χ0v) is 21.6. The van der Waals surface area contributed by atoms with Crippen LogP contribution in [0.4, 0.5) is 0 Å². The third-order valence-corrected chi connectivity index (χ3v) is 7.00. The first kappa shape index (κ1) is 26.2. The Bertz CT molecular complexity index is 1240. The van der Waals surface area contributed by atoms with E-state index in [0.29, 0.717) is 44.7 Å². The highest BCUT2D eigenvalue weighted by Crippen LogP contribution is 2.24. The van der Waals surface area contributed by atoms with Crippen LogP contribution in [0.15, 0.2) is 36.7 Å². The second-order valence-corrected chi connectivity index (χ2v) is 9.54. The minimum Gasteiger partial charge on any atom is -0.356 e. The number of nitrogens with one attached hydrogen (secondary N) is 2. The van der Waals surface area contributed by atoms with Gasteiger partial charge in [0.25, 0.3) is 5.78 Å². The van der Waals surface area contributed by atoms with Crippen molar-refractivity contribution in [2.24, 2.45) is 0 Å². The highest BCUT2D eigenvalue weighted by Gasteiger charge is 2.20. The summed E-state index contributed by atoms with van der Waals surface area (Å²) in [6.45, 7) is 5.20. The Labute approximate surface area is 216 Å². The van der Waals surface area contributed by atoms with Crippen LogP contribution in [0.5, 0.6) is 0 Å². The van der Waals surface area contributed by atoms with Gasteiger partial charge >= 0.3 is 0 Å². The fraction of sp³-hybridized carbons (Fsp3) is 0.481. The number of amides is 3. The van der Waals surface area contributed by atoms with Gasteiger partial charge in [0.2, 0.25) is 17.7 Å². The number of fused-ring (bicyclic) bond motifs is 1. The molecular formula is C27H35N7O3. The van der Waals surface area contributed by atoms with Crippen LogP contribution in [0.2, 0.25) is 0 Å². The van der Waals surface area contributed by atoms with E-state index in [1.165, 1.54) is 6.33 Å². The number of hydrogen-bond acceptors (Lipinski definition) is 6. The standard InChI is InChI=1S/C27H35N7O3/c1-19-23(20(2)34-27(32-19)30-18-31-34)10-12-26(37)33-16-6-14-28-24(35)11-9-22(13-15-29-25(36)17-33)21-7-4-3-5-8-21/h3-5,7-8,18,22H,6,9-17H2,1-2H3,(H,28,35)(H,29,36). The van der Waals surface area contributed by atoms with Crippen molar-refractivity contribution in [3.05, 3.63) is 59.2 Å². The number of hydrogen-bond donors (Lipinski definition) is 2. The van der Waals surface area contributed by atoms with E-state index >= 15 is 0 Å². The fourth-order valence-electron chi connectivity index (χ4n) is 4.91. The molecule has 10 nitrogen and oxygen atoms in total. The van der Waals surface area contributed by atoms with E-state index in [0.717, 1.165) is 35.4 Å². The van der Waals surface area contributed by atoms with Gasteiger partial charge in [-0.25, -0.2) is 9.50 Å². The van der Waals surface area contributed by atoms with E-state index < -0.39 is 0 Å². The Morgan fingerprint density at radius 1 is 1.05 bits per heavy atom. The molecule has 2 aromatic heterocycles. The lowest BCUT2D eigenvalue weighted by atomic mass is 9.91. The topological polar surface area (TPSA) is 122 Å². The predicted molar refractivity (Wildman–Crippen MR) is 139 cm³/mol. The second-order valence-electron chi connectivity index (χ2n) is 9.54. The number of benzene rings is 1. The lowest BCUT2D eigenvalue weighted by molar-refractivity contribution is -0.136. The van der Waals surface area contributed by atoms with Crippen LogP contribution in [0.1, 0.15) is 60.5 Å². The molecule has 0 aliphatic carbocycles. The Hall–Kier alpha value is -3.82. The Kier molecular flexibility index (Phi) is 8.81. The molecule has 0 bridgehead atoms. The molecule has 1 aromatic carbocycles. The van der Waals surface area contributed by atoms with Crippen LogP contribution in [-0.4, -0.2) is 68.4 Å². The number of nitrogens with zero attached hydrogens (tertiary/aromatic N) is 5. The van der Waals surface area contributed by atoms with Crippen LogP contribution in [-0.2, 0) is 20.8 Å². The van der Waals surface area contributed by atoms with E-state index in [1.54, 1.807) is 9.42 Å². The van der Waals surface area contributed by atoms with Gasteiger partial charge in [-0.2, -0.15) is 10.1 Å². The Morgan fingerprint density at radius 3 is 2.65 bits per heavy atom. The predicted octanol–water partition coefficient (Wildman–Crippen LogP) is 2.09. The molecule has 1 unspecified atom stereocenters. The van der Waals surface area contributed by atoms with Crippen LogP contribution < -0.4 is 10.6 Å². The van der Waals surface area contributed by atoms with Crippen molar-refractivity contribution in [1.82, 2.24) is 35.1 Å². The van der Waals surface area contributed by atoms with Crippen molar-refractivity contribution in [3.8, 4) is 0 Å². The molecule has 37 heavy (non-hydrogen) atoms. The van der Waals surface area contributed by atoms with Gasteiger partial charge in [-0.15, -0.1) is 0 Å². The quantitative estimate of drug-likeness (QED) is 0.560. The molecule has 3 heterocycles. The average Bonchev–Trinajstić information content (AvgIpc) is 3.36. The van der Waals surface area contributed by atoms with Gasteiger partial charge in [0.1, 0.15) is 6.33 Å². The highest BCUT2D eigenvalue weighted by molar-refractivity contribution is 5.85. The monoisotopic (exact) mass is 505 g/mol. The summed E-state index contributed by atoms with van der Waals surface area (Å²) in [5.41, 5.74) is 3.84. The lowest BCUT2D eigenvalue weighted by Gasteiger charge is -2.24. The maximum Gasteiger partial charge on any atom is 0.252 e. The molecule has 0 spiro atoms. The first-order valence-electron chi connectivity index (χ1n) is 12.9. The number of aromatic nitrogens is 4. The van der Waals surface area contributed by atoms with E-state index in [9.17, 15) is 14.4 Å². The summed E-state index contributed by atoms with van der Waals surface area (Å²) in [6.07, 6.45) is 4.67. The molecule has 3 aromatic rings. The third kappa shape index (κ3) is 6.90. The van der Waals surface area contributed by atoms with Gasteiger partial charge in [0.05, 0.1) is 6.54 Å². The van der Waals surface area contributed by atoms with Crippen LogP contribution in [0, 0.1) is 13.8 Å². The van der Waals surface area contributed by atoms with Crippen molar-refractivity contribution >= 4 is 23.5 Å². The molecule has 1 saturated heterocycles. The normalized spacial score (nSPS) is 18.2. The minimum absolute atomic E-state index is 0.00110. The summed E-state index contributed by atoms with van der Waals surface area (Å²) < 4.78 is 1.67. The molecule has 0 saturated carbocycles. The van der Waals surface area contributed by atoms with Gasteiger partial charge in [-0.3, -0.25) is 14.4 Å². The largest absolute Gasteiger partial charge is 0.356 e. The van der Waals surface area contributed by atoms with Crippen molar-refractivity contribution < 1.29 is 14.4 Å². The molecule has 1 aliphatic rings. The Balaban J connectivity index is 1.40. The molecule has 1 fully saturated rings. The smallest absolute Gasteiger partial charge is 0.252 e. The van der Waals surface area contributed by atoms with Gasteiger partial charge in [0, 0.05) is 43.9 Å². The molecule has 10 heteroatoms. The zero-order chi connectivity index (χ0) is 26.2. The summed E-state index contributed by atoms with van der Waals surface area (Å²) in [4.78, 5) is 48.6. The van der Waals surface area contributed by atoms with Crippen molar-refractivity contribution in [1.29, 1.82) is 0 Å². The van der Waals surface area contributed by atoms with E-state index in [2.05, 4.69) is 37.8 Å². The fourth-order valence-corrected chi connectivity index (χ4v) is 4.91. The minimum atomic E-state index is -0.167. The number of carbonyl (C=O) groups excluding carboxylic acids is 3. The summed E-state index contributed by atoms with van der Waals surface area (Å²) in [7, 11) is 0. The number of carbonyl (C=O) groups is 3. The summed E-state index contributed by atoms with van der Waals surface area (Å²) in [6, 6.07) is 10.1. The van der Waals surface area contributed by atoms with Crippen LogP contribution >= 0.6 is 0 Å². The molecular weight excluding hydrogens is 470 g/mol. The lowest BCUT2D eigenvalue weighted by Crippen LogP contribution is -2.42. The van der Waals surface area contributed by atoms with Crippen molar-refractivity contribution in [2.45, 2.75) is 58.3 Å². The number of aryl methyl sites for hydroxylation is 2. The van der Waals surface area contributed by atoms with Crippen molar-refractivity contribution in [2.75, 3.05) is 26.2 Å². The molecule has 2 N–H and O–H groups in total. The number of rotatable bonds is 4. The first-order chi connectivity index (χ1) is 17.9. The molecule has 3 amide bonds. The van der Waals surface area contributed by atoms with Gasteiger partial charge in [-0.05, 0) is 56.6 Å². The van der Waals surface area contributed by atoms with Gasteiger partial charge < -0.3 is 15.5 Å². The molecule has 0 radical (unpaired) electrons. The maximum absolute atomic E-state index is 13.2. The summed E-state index contributed by atoms with van der Waals surface area (Å²) in [5, 5.41) is 10.2. The summed E-state index contributed by atoms with van der Waals surface area (Å²) >= 11 is 0. The second kappa shape index (κ2) is 12.4. The van der Waals surface area contributed by atoms with E-state index in [1.807, 2.05) is 32.0 Å². The first-order valence-corrected chi connectivity index (χ1v) is 12.9. The van der Waals surface area contributed by atoms with Gasteiger partial charge in [-0.1, -0.05) is 30.3 Å². The van der Waals surface area contributed by atoms with E-state index in [-0.39, 0.29) is 36.6 Å². The highest BCUT2D eigenvalue weighted by atomic mass is 16.2. The Morgan fingerprint density at radius 2 is 1.84 bits per heavy atom. The summed E-state index contributed by atoms with van der Waals surface area (Å²) in [5.74, 6) is 0.456. The van der Waals surface area contributed by atoms with Crippen LogP contribution in [0.25, 0.3) is 5.78 Å².